The van der Waals surface area contributed by atoms with E-state index in [9.17, 15) is 14.4 Å². The largest absolute Gasteiger partial charge is 0.464 e. The van der Waals surface area contributed by atoms with Crippen LogP contribution in [-0.2, 0) is 16.1 Å². The Morgan fingerprint density at radius 1 is 1.18 bits per heavy atom. The van der Waals surface area contributed by atoms with Crippen molar-refractivity contribution in [2.24, 2.45) is 5.92 Å². The number of ether oxygens (including phenoxy) is 1. The van der Waals surface area contributed by atoms with E-state index in [0.717, 1.165) is 36.8 Å². The fourth-order valence-electron chi connectivity index (χ4n) is 4.89. The number of aromatic nitrogens is 2. The predicted octanol–water partition coefficient (Wildman–Crippen LogP) is 3.40. The number of methoxy groups -OCH3 is 1. The normalized spacial score (nSPS) is 24.9. The highest BCUT2D eigenvalue weighted by Crippen LogP contribution is 2.36. The van der Waals surface area contributed by atoms with E-state index in [-0.39, 0.29) is 35.8 Å². The average molecular weight is 453 g/mol. The number of fused-ring (bicyclic) bond motifs is 1. The lowest BCUT2D eigenvalue weighted by Crippen LogP contribution is -2.65. The number of carbonyl (C=O) groups is 3. The Labute approximate surface area is 194 Å². The molecule has 1 aliphatic heterocycles. The van der Waals surface area contributed by atoms with E-state index >= 15 is 0 Å². The van der Waals surface area contributed by atoms with Gasteiger partial charge in [-0.1, -0.05) is 19.1 Å². The summed E-state index contributed by atoms with van der Waals surface area (Å²) in [6.07, 6.45) is 4.01. The monoisotopic (exact) mass is 452 g/mol. The molecule has 0 spiro atoms. The number of nitrogens with one attached hydrogen (secondary N) is 1. The number of aryl methyl sites for hydroxylation is 1. The molecule has 4 rings (SSSR count). The second-order valence-corrected chi connectivity index (χ2v) is 9.63. The average Bonchev–Trinajstić information content (AvgIpc) is 3.21. The summed E-state index contributed by atoms with van der Waals surface area (Å²) in [5.41, 5.74) is 1.73. The molecule has 8 heteroatoms. The Bertz CT molecular complexity index is 1100. The third kappa shape index (κ3) is 4.03. The van der Waals surface area contributed by atoms with Crippen LogP contribution in [0.25, 0.3) is 0 Å². The lowest BCUT2D eigenvalue weighted by molar-refractivity contribution is -0.127. The van der Waals surface area contributed by atoms with Crippen molar-refractivity contribution in [2.45, 2.75) is 71.5 Å². The number of rotatable bonds is 4. The third-order valence-corrected chi connectivity index (χ3v) is 7.21. The van der Waals surface area contributed by atoms with Crippen LogP contribution in [0.3, 0.4) is 0 Å². The van der Waals surface area contributed by atoms with Gasteiger partial charge in [0.25, 0.3) is 5.91 Å². The number of hydrogen-bond acceptors (Lipinski definition) is 5. The van der Waals surface area contributed by atoms with Gasteiger partial charge in [-0.3, -0.25) is 19.2 Å². The lowest BCUT2D eigenvalue weighted by atomic mass is 9.86. The van der Waals surface area contributed by atoms with Gasteiger partial charge < -0.3 is 10.1 Å². The highest BCUT2D eigenvalue weighted by Gasteiger charge is 2.50. The van der Waals surface area contributed by atoms with Gasteiger partial charge in [0.2, 0.25) is 5.91 Å². The van der Waals surface area contributed by atoms with Gasteiger partial charge in [0.05, 0.1) is 13.7 Å². The van der Waals surface area contributed by atoms with Gasteiger partial charge in [-0.15, -0.1) is 0 Å². The molecule has 2 heterocycles. The summed E-state index contributed by atoms with van der Waals surface area (Å²) >= 11 is 0. The van der Waals surface area contributed by atoms with Gasteiger partial charge in [-0.25, -0.2) is 4.79 Å². The maximum Gasteiger partial charge on any atom is 0.358 e. The fraction of sp³-hybridized carbons (Fsp3) is 0.520. The number of benzene rings is 1. The van der Waals surface area contributed by atoms with Crippen molar-refractivity contribution in [2.75, 3.05) is 12.0 Å². The van der Waals surface area contributed by atoms with Crippen molar-refractivity contribution in [3.8, 4) is 0 Å². The van der Waals surface area contributed by atoms with Crippen LogP contribution in [0.4, 0.5) is 5.69 Å². The summed E-state index contributed by atoms with van der Waals surface area (Å²) in [6.45, 7) is 8.07. The molecule has 1 atom stereocenters. The van der Waals surface area contributed by atoms with Gasteiger partial charge in [0.15, 0.2) is 5.69 Å². The molecule has 2 aliphatic rings. The Balaban J connectivity index is 1.77. The van der Waals surface area contributed by atoms with Crippen LogP contribution in [0.2, 0.25) is 0 Å². The molecule has 2 aromatic rings. The molecular weight excluding hydrogens is 420 g/mol. The summed E-state index contributed by atoms with van der Waals surface area (Å²) < 4.78 is 6.24. The van der Waals surface area contributed by atoms with Crippen molar-refractivity contribution in [3.63, 3.8) is 0 Å². The number of esters is 1. The van der Waals surface area contributed by atoms with Crippen LogP contribution in [0.15, 0.2) is 24.3 Å². The van der Waals surface area contributed by atoms with Crippen LogP contribution in [0.5, 0.6) is 0 Å². The van der Waals surface area contributed by atoms with E-state index in [0.29, 0.717) is 11.6 Å². The fourth-order valence-corrected chi connectivity index (χ4v) is 4.89. The standard InChI is InChI=1S/C25H32N4O4/c1-15-9-11-18(12-10-15)26-24(32)25(4)14-28-21(13-19(27-28)23(31)33-5)22(30)29(25)20-8-6-7-16(2)17(20)3/h6-8,13,15,18H,9-12,14H2,1-5H3,(H,26,32)/t15?,18?,25-/m0/s1. The van der Waals surface area contributed by atoms with Crippen LogP contribution in [0.1, 0.15) is 71.6 Å². The van der Waals surface area contributed by atoms with E-state index in [1.165, 1.54) is 17.9 Å². The lowest BCUT2D eigenvalue weighted by Gasteiger charge is -2.44. The molecule has 0 radical (unpaired) electrons. The summed E-state index contributed by atoms with van der Waals surface area (Å²) in [5, 5.41) is 7.50. The highest BCUT2D eigenvalue weighted by atomic mass is 16.5. The number of carbonyl (C=O) groups excluding carboxylic acids is 3. The molecule has 1 aromatic carbocycles. The quantitative estimate of drug-likeness (QED) is 0.718. The van der Waals surface area contributed by atoms with Gasteiger partial charge in [0, 0.05) is 17.8 Å². The van der Waals surface area contributed by atoms with E-state index in [1.807, 2.05) is 32.0 Å². The molecule has 2 amide bonds. The van der Waals surface area contributed by atoms with Gasteiger partial charge in [-0.2, -0.15) is 5.10 Å². The van der Waals surface area contributed by atoms with Crippen molar-refractivity contribution < 1.29 is 19.1 Å². The molecule has 1 fully saturated rings. The minimum Gasteiger partial charge on any atom is -0.464 e. The summed E-state index contributed by atoms with van der Waals surface area (Å²) in [5.74, 6) is -0.533. The number of nitrogens with zero attached hydrogens (tertiary/aromatic N) is 3. The minimum atomic E-state index is -1.22. The molecule has 1 N–H and O–H groups in total. The first kappa shape index (κ1) is 23.0. The first-order valence-corrected chi connectivity index (χ1v) is 11.5. The van der Waals surface area contributed by atoms with Gasteiger partial charge in [-0.05, 0) is 69.6 Å². The van der Waals surface area contributed by atoms with E-state index in [2.05, 4.69) is 17.3 Å². The summed E-state index contributed by atoms with van der Waals surface area (Å²) in [6, 6.07) is 7.25. The summed E-state index contributed by atoms with van der Waals surface area (Å²) in [7, 11) is 1.27. The molecule has 1 aliphatic carbocycles. The van der Waals surface area contributed by atoms with E-state index < -0.39 is 11.5 Å². The molecule has 8 nitrogen and oxygen atoms in total. The molecule has 1 aromatic heterocycles. The highest BCUT2D eigenvalue weighted by molar-refractivity contribution is 6.12. The Morgan fingerprint density at radius 2 is 1.88 bits per heavy atom. The smallest absolute Gasteiger partial charge is 0.358 e. The number of hydrogen-bond donors (Lipinski definition) is 1. The van der Waals surface area contributed by atoms with Crippen LogP contribution < -0.4 is 10.2 Å². The van der Waals surface area contributed by atoms with E-state index in [4.69, 9.17) is 4.74 Å². The minimum absolute atomic E-state index is 0.0488. The molecule has 1 saturated carbocycles. The zero-order valence-corrected chi connectivity index (χ0v) is 20.0. The molecule has 176 valence electrons. The van der Waals surface area contributed by atoms with Crippen molar-refractivity contribution in [3.05, 3.63) is 46.8 Å². The molecular formula is C25H32N4O4. The second-order valence-electron chi connectivity index (χ2n) is 9.63. The maximum absolute atomic E-state index is 13.8. The Hall–Kier alpha value is -3.16. The zero-order valence-electron chi connectivity index (χ0n) is 20.0. The Morgan fingerprint density at radius 3 is 2.55 bits per heavy atom. The molecule has 0 unspecified atom stereocenters. The first-order valence-electron chi connectivity index (χ1n) is 11.5. The van der Waals surface area contributed by atoms with Crippen LogP contribution in [-0.4, -0.2) is 46.3 Å². The summed E-state index contributed by atoms with van der Waals surface area (Å²) in [4.78, 5) is 41.2. The Kier molecular flexibility index (Phi) is 6.03. The topological polar surface area (TPSA) is 93.5 Å². The first-order chi connectivity index (χ1) is 15.7. The predicted molar refractivity (Wildman–Crippen MR) is 124 cm³/mol. The third-order valence-electron chi connectivity index (χ3n) is 7.21. The molecule has 33 heavy (non-hydrogen) atoms. The van der Waals surface area contributed by atoms with Crippen molar-refractivity contribution >= 4 is 23.5 Å². The van der Waals surface area contributed by atoms with Gasteiger partial charge in [0.1, 0.15) is 11.2 Å². The number of anilines is 1. The SMILES string of the molecule is COC(=O)c1cc2n(n1)C[C@@](C)(C(=O)NC1CCC(C)CC1)N(c1cccc(C)c1C)C2=O. The van der Waals surface area contributed by atoms with Crippen LogP contribution in [0, 0.1) is 19.8 Å². The maximum atomic E-state index is 13.8. The van der Waals surface area contributed by atoms with E-state index in [1.54, 1.807) is 11.8 Å². The van der Waals surface area contributed by atoms with Gasteiger partial charge >= 0.3 is 5.97 Å². The molecule has 0 bridgehead atoms. The second kappa shape index (κ2) is 8.65. The van der Waals surface area contributed by atoms with Crippen molar-refractivity contribution in [1.82, 2.24) is 15.1 Å². The van der Waals surface area contributed by atoms with Crippen molar-refractivity contribution in [1.29, 1.82) is 0 Å². The molecule has 0 saturated heterocycles. The number of amides is 2. The van der Waals surface area contributed by atoms with Crippen LogP contribution >= 0.6 is 0 Å². The zero-order chi connectivity index (χ0) is 23.9.